The van der Waals surface area contributed by atoms with E-state index in [2.05, 4.69) is 25.7 Å². The summed E-state index contributed by atoms with van der Waals surface area (Å²) in [5, 5.41) is 20.9. The molecule has 0 bridgehead atoms. The van der Waals surface area contributed by atoms with E-state index < -0.39 is 18.0 Å². The third-order valence-corrected chi connectivity index (χ3v) is 7.60. The van der Waals surface area contributed by atoms with E-state index in [1.807, 2.05) is 0 Å². The normalized spacial score (nSPS) is 44.0. The molecule has 4 heteroatoms. The molecule has 2 N–H and O–H groups in total. The highest BCUT2D eigenvalue weighted by molar-refractivity contribution is 5.23. The van der Waals surface area contributed by atoms with E-state index in [0.29, 0.717) is 19.1 Å². The summed E-state index contributed by atoms with van der Waals surface area (Å²) in [6.45, 7) is 5.72. The van der Waals surface area contributed by atoms with Gasteiger partial charge in [-0.1, -0.05) is 51.4 Å². The Balaban J connectivity index is 1.48. The van der Waals surface area contributed by atoms with Gasteiger partial charge in [0.2, 0.25) is 0 Å². The molecule has 1 aliphatic heterocycles. The first-order chi connectivity index (χ1) is 12.0. The maximum absolute atomic E-state index is 10.6. The van der Waals surface area contributed by atoms with Crippen molar-refractivity contribution in [1.82, 2.24) is 0 Å². The summed E-state index contributed by atoms with van der Waals surface area (Å²) in [5.41, 5.74) is -0.0854. The summed E-state index contributed by atoms with van der Waals surface area (Å²) in [4.78, 5) is 0. The largest absolute Gasteiger partial charge is 0.392 e. The van der Waals surface area contributed by atoms with E-state index >= 15 is 0 Å². The van der Waals surface area contributed by atoms with Gasteiger partial charge >= 0.3 is 0 Å². The van der Waals surface area contributed by atoms with E-state index in [0.717, 1.165) is 19.3 Å². The van der Waals surface area contributed by atoms with Gasteiger partial charge in [0.25, 0.3) is 0 Å². The Morgan fingerprint density at radius 2 is 1.84 bits per heavy atom. The molecule has 0 amide bonds. The number of ether oxygens (including phenoxy) is 2. The number of aliphatic hydroxyl groups is 2. The van der Waals surface area contributed by atoms with Gasteiger partial charge in [-0.3, -0.25) is 0 Å². The maximum atomic E-state index is 10.6. The second-order valence-corrected chi connectivity index (χ2v) is 8.92. The molecular formula is C21H32O4. The van der Waals surface area contributed by atoms with Crippen LogP contribution in [0.3, 0.4) is 0 Å². The molecular weight excluding hydrogens is 316 g/mol. The third-order valence-electron chi connectivity index (χ3n) is 7.60. The standard InChI is InChI=1S/C21H32O4/c1-14-19-17(8-7-16(22)13-15-5-3-4-6-15)18(23)9-10-20(19,2)21(14)24-11-12-25-21/h14-19,22-23H,3-6,9-13H2,1-2H3/t14?,16-,17+,18-,19-,20+/m1/s1. The van der Waals surface area contributed by atoms with Crippen molar-refractivity contribution in [3.63, 3.8) is 0 Å². The highest BCUT2D eigenvalue weighted by atomic mass is 16.7. The maximum Gasteiger partial charge on any atom is 0.176 e. The van der Waals surface area contributed by atoms with Crippen molar-refractivity contribution in [3.8, 4) is 11.8 Å². The second-order valence-electron chi connectivity index (χ2n) is 8.92. The molecule has 0 radical (unpaired) electrons. The zero-order valence-corrected chi connectivity index (χ0v) is 15.5. The molecule has 0 aromatic heterocycles. The average molecular weight is 348 g/mol. The zero-order chi connectivity index (χ0) is 17.7. The Bertz CT molecular complexity index is 552. The van der Waals surface area contributed by atoms with Gasteiger partial charge in [0.15, 0.2) is 5.79 Å². The Kier molecular flexibility index (Phi) is 4.65. The lowest BCUT2D eigenvalue weighted by molar-refractivity contribution is -0.380. The number of aliphatic hydroxyl groups excluding tert-OH is 2. The lowest BCUT2D eigenvalue weighted by Gasteiger charge is -2.68. The average Bonchev–Trinajstić information content (AvgIpc) is 3.28. The van der Waals surface area contributed by atoms with Crippen LogP contribution in [0.15, 0.2) is 0 Å². The summed E-state index contributed by atoms with van der Waals surface area (Å²) in [6, 6.07) is 0. The molecule has 3 aliphatic carbocycles. The fraction of sp³-hybridized carbons (Fsp3) is 0.905. The van der Waals surface area contributed by atoms with Crippen LogP contribution in [0.25, 0.3) is 0 Å². The van der Waals surface area contributed by atoms with Crippen molar-refractivity contribution in [2.45, 2.75) is 76.8 Å². The summed E-state index contributed by atoms with van der Waals surface area (Å²) >= 11 is 0. The van der Waals surface area contributed by atoms with Gasteiger partial charge in [-0.25, -0.2) is 0 Å². The second kappa shape index (κ2) is 6.53. The number of hydrogen-bond acceptors (Lipinski definition) is 4. The first-order valence-corrected chi connectivity index (χ1v) is 10.1. The molecule has 140 valence electrons. The Labute approximate surface area is 151 Å². The van der Waals surface area contributed by atoms with Crippen molar-refractivity contribution >= 4 is 0 Å². The number of hydrogen-bond donors (Lipinski definition) is 2. The van der Waals surface area contributed by atoms with E-state index in [1.165, 1.54) is 25.7 Å². The van der Waals surface area contributed by atoms with Crippen LogP contribution in [0.2, 0.25) is 0 Å². The molecule has 1 spiro atoms. The molecule has 3 saturated carbocycles. The monoisotopic (exact) mass is 348 g/mol. The van der Waals surface area contributed by atoms with Crippen LogP contribution in [-0.2, 0) is 9.47 Å². The number of fused-ring (bicyclic) bond motifs is 2. The predicted octanol–water partition coefficient (Wildman–Crippen LogP) is 2.72. The number of rotatable bonds is 2. The third kappa shape index (κ3) is 2.67. The van der Waals surface area contributed by atoms with E-state index in [1.54, 1.807) is 0 Å². The van der Waals surface area contributed by atoms with Crippen molar-refractivity contribution in [1.29, 1.82) is 0 Å². The van der Waals surface area contributed by atoms with Gasteiger partial charge < -0.3 is 19.7 Å². The van der Waals surface area contributed by atoms with Crippen LogP contribution in [0.1, 0.15) is 58.8 Å². The summed E-state index contributed by atoms with van der Waals surface area (Å²) in [6.07, 6.45) is 6.46. The van der Waals surface area contributed by atoms with E-state index in [4.69, 9.17) is 9.47 Å². The topological polar surface area (TPSA) is 58.9 Å². The first kappa shape index (κ1) is 17.8. The van der Waals surface area contributed by atoms with E-state index in [-0.39, 0.29) is 23.2 Å². The predicted molar refractivity (Wildman–Crippen MR) is 94.5 cm³/mol. The molecule has 4 aliphatic rings. The Morgan fingerprint density at radius 3 is 2.52 bits per heavy atom. The van der Waals surface area contributed by atoms with Gasteiger partial charge in [0.05, 0.1) is 25.2 Å². The van der Waals surface area contributed by atoms with Crippen LogP contribution < -0.4 is 0 Å². The van der Waals surface area contributed by atoms with Gasteiger partial charge in [0.1, 0.15) is 6.10 Å². The molecule has 6 atom stereocenters. The minimum atomic E-state index is -0.563. The molecule has 0 aromatic rings. The van der Waals surface area contributed by atoms with E-state index in [9.17, 15) is 10.2 Å². The first-order valence-electron chi connectivity index (χ1n) is 10.1. The SMILES string of the molecule is CC1[C@@H]2[C@@H](C#C[C@@H](O)CC3CCCC3)[C@H](O)CC[C@]2(C)C12OCCO2. The molecule has 0 aromatic carbocycles. The van der Waals surface area contributed by atoms with Crippen LogP contribution >= 0.6 is 0 Å². The molecule has 1 unspecified atom stereocenters. The summed E-state index contributed by atoms with van der Waals surface area (Å²) in [7, 11) is 0. The van der Waals surface area contributed by atoms with Crippen LogP contribution in [0.5, 0.6) is 0 Å². The van der Waals surface area contributed by atoms with Gasteiger partial charge in [-0.05, 0) is 31.1 Å². The molecule has 4 nitrogen and oxygen atoms in total. The zero-order valence-electron chi connectivity index (χ0n) is 15.5. The van der Waals surface area contributed by atoms with Crippen molar-refractivity contribution in [2.24, 2.45) is 29.1 Å². The molecule has 1 heterocycles. The fourth-order valence-corrected chi connectivity index (χ4v) is 6.38. The van der Waals surface area contributed by atoms with Crippen LogP contribution in [-0.4, -0.2) is 41.4 Å². The smallest absolute Gasteiger partial charge is 0.176 e. The van der Waals surface area contributed by atoms with Gasteiger partial charge in [-0.2, -0.15) is 0 Å². The molecule has 1 saturated heterocycles. The molecule has 4 fully saturated rings. The molecule has 25 heavy (non-hydrogen) atoms. The van der Waals surface area contributed by atoms with Crippen LogP contribution in [0.4, 0.5) is 0 Å². The van der Waals surface area contributed by atoms with Gasteiger partial charge in [0, 0.05) is 11.3 Å². The lowest BCUT2D eigenvalue weighted by atomic mass is 9.42. The van der Waals surface area contributed by atoms with Crippen molar-refractivity contribution < 1.29 is 19.7 Å². The van der Waals surface area contributed by atoms with Crippen molar-refractivity contribution in [2.75, 3.05) is 13.2 Å². The summed E-state index contributed by atoms with van der Waals surface area (Å²) < 4.78 is 12.1. The highest BCUT2D eigenvalue weighted by Gasteiger charge is 2.74. The highest BCUT2D eigenvalue weighted by Crippen LogP contribution is 2.69. The minimum Gasteiger partial charge on any atom is -0.392 e. The Hall–Kier alpha value is -0.600. The fourth-order valence-electron chi connectivity index (χ4n) is 6.38. The van der Waals surface area contributed by atoms with Gasteiger partial charge in [-0.15, -0.1) is 0 Å². The minimum absolute atomic E-state index is 0.0854. The lowest BCUT2D eigenvalue weighted by Crippen LogP contribution is -2.73. The Morgan fingerprint density at radius 1 is 1.16 bits per heavy atom. The van der Waals surface area contributed by atoms with Crippen LogP contribution in [0, 0.1) is 40.9 Å². The summed E-state index contributed by atoms with van der Waals surface area (Å²) in [5.74, 6) is 6.88. The quantitative estimate of drug-likeness (QED) is 0.754. The van der Waals surface area contributed by atoms with Crippen molar-refractivity contribution in [3.05, 3.63) is 0 Å². The molecule has 4 rings (SSSR count).